The van der Waals surface area contributed by atoms with E-state index in [-0.39, 0.29) is 12.0 Å². The second kappa shape index (κ2) is 4.69. The number of esters is 1. The largest absolute Gasteiger partial charge is 0.467 e. The number of rotatable bonds is 2. The van der Waals surface area contributed by atoms with E-state index in [1.165, 1.54) is 7.11 Å². The molecular formula is C12H17N3O2. The fourth-order valence-electron chi connectivity index (χ4n) is 2.27. The summed E-state index contributed by atoms with van der Waals surface area (Å²) in [5.41, 5.74) is 0.919. The smallest absolute Gasteiger partial charge is 0.328 e. The van der Waals surface area contributed by atoms with E-state index in [2.05, 4.69) is 9.97 Å². The lowest BCUT2D eigenvalue weighted by atomic mass is 10.2. The van der Waals surface area contributed by atoms with Gasteiger partial charge in [0.05, 0.1) is 7.11 Å². The molecule has 92 valence electrons. The molecule has 1 atom stereocenters. The zero-order valence-corrected chi connectivity index (χ0v) is 10.4. The van der Waals surface area contributed by atoms with Crippen molar-refractivity contribution < 1.29 is 9.53 Å². The van der Waals surface area contributed by atoms with Gasteiger partial charge in [0, 0.05) is 18.3 Å². The van der Waals surface area contributed by atoms with Crippen molar-refractivity contribution in [3.63, 3.8) is 0 Å². The minimum absolute atomic E-state index is 0.184. The highest BCUT2D eigenvalue weighted by Crippen LogP contribution is 2.25. The summed E-state index contributed by atoms with van der Waals surface area (Å²) in [6.07, 6.45) is 1.82. The van der Waals surface area contributed by atoms with Crippen LogP contribution in [0.5, 0.6) is 0 Å². The number of ether oxygens (including phenoxy) is 1. The highest BCUT2D eigenvalue weighted by atomic mass is 16.5. The third-order valence-corrected chi connectivity index (χ3v) is 2.97. The molecule has 1 aliphatic rings. The number of nitrogens with zero attached hydrogens (tertiary/aromatic N) is 3. The summed E-state index contributed by atoms with van der Waals surface area (Å²) in [5.74, 6) is 1.37. The predicted octanol–water partition coefficient (Wildman–Crippen LogP) is 1.24. The summed E-state index contributed by atoms with van der Waals surface area (Å²) in [5, 5.41) is 0. The molecule has 0 radical (unpaired) electrons. The van der Waals surface area contributed by atoms with Crippen LogP contribution in [-0.4, -0.2) is 35.6 Å². The van der Waals surface area contributed by atoms with Gasteiger partial charge in [-0.3, -0.25) is 0 Å². The van der Waals surface area contributed by atoms with Crippen molar-refractivity contribution in [1.29, 1.82) is 0 Å². The molecule has 1 aromatic heterocycles. The van der Waals surface area contributed by atoms with Gasteiger partial charge < -0.3 is 9.64 Å². The van der Waals surface area contributed by atoms with E-state index in [9.17, 15) is 4.79 Å². The quantitative estimate of drug-likeness (QED) is 0.722. The number of hydrogen-bond donors (Lipinski definition) is 0. The first-order valence-electron chi connectivity index (χ1n) is 5.78. The summed E-state index contributed by atoms with van der Waals surface area (Å²) in [7, 11) is 1.43. The number of methoxy groups -OCH3 is 1. The Bertz CT molecular complexity index is 414. The van der Waals surface area contributed by atoms with Crippen LogP contribution in [0.15, 0.2) is 6.07 Å². The van der Waals surface area contributed by atoms with Gasteiger partial charge >= 0.3 is 5.97 Å². The van der Waals surface area contributed by atoms with Crippen LogP contribution in [0.25, 0.3) is 0 Å². The first kappa shape index (κ1) is 11.8. The number of carbonyl (C=O) groups excluding carboxylic acids is 1. The Morgan fingerprint density at radius 2 is 2.24 bits per heavy atom. The third-order valence-electron chi connectivity index (χ3n) is 2.97. The molecule has 0 bridgehead atoms. The Morgan fingerprint density at radius 3 is 2.88 bits per heavy atom. The van der Waals surface area contributed by atoms with E-state index < -0.39 is 0 Å². The molecule has 0 aliphatic carbocycles. The second-order valence-corrected chi connectivity index (χ2v) is 4.29. The average molecular weight is 235 g/mol. The van der Waals surface area contributed by atoms with Gasteiger partial charge in [-0.1, -0.05) is 0 Å². The summed E-state index contributed by atoms with van der Waals surface area (Å²) in [6.45, 7) is 4.64. The van der Waals surface area contributed by atoms with Crippen LogP contribution in [-0.2, 0) is 9.53 Å². The van der Waals surface area contributed by atoms with Gasteiger partial charge in [-0.25, -0.2) is 14.8 Å². The molecule has 5 heteroatoms. The third kappa shape index (κ3) is 2.38. The predicted molar refractivity (Wildman–Crippen MR) is 63.9 cm³/mol. The van der Waals surface area contributed by atoms with Crippen molar-refractivity contribution in [2.45, 2.75) is 32.7 Å². The number of hydrogen-bond acceptors (Lipinski definition) is 5. The molecule has 1 fully saturated rings. The van der Waals surface area contributed by atoms with Gasteiger partial charge in [-0.05, 0) is 26.7 Å². The SMILES string of the molecule is COC(=O)C1CCCN1c1cc(C)nc(C)n1. The van der Waals surface area contributed by atoms with Crippen LogP contribution in [0, 0.1) is 13.8 Å². The van der Waals surface area contributed by atoms with E-state index >= 15 is 0 Å². The van der Waals surface area contributed by atoms with Gasteiger partial charge in [0.25, 0.3) is 0 Å². The molecule has 0 spiro atoms. The van der Waals surface area contributed by atoms with Crippen LogP contribution in [0.2, 0.25) is 0 Å². The Labute approximate surface area is 101 Å². The van der Waals surface area contributed by atoms with Crippen LogP contribution in [0.1, 0.15) is 24.4 Å². The van der Waals surface area contributed by atoms with Crippen molar-refractivity contribution in [2.24, 2.45) is 0 Å². The first-order valence-corrected chi connectivity index (χ1v) is 5.78. The fraction of sp³-hybridized carbons (Fsp3) is 0.583. The van der Waals surface area contributed by atoms with Gasteiger partial charge in [-0.2, -0.15) is 0 Å². The van der Waals surface area contributed by atoms with Crippen LogP contribution in [0.4, 0.5) is 5.82 Å². The molecule has 0 saturated carbocycles. The molecular weight excluding hydrogens is 218 g/mol. The van der Waals surface area contributed by atoms with E-state index in [4.69, 9.17) is 4.74 Å². The van der Waals surface area contributed by atoms with E-state index in [1.54, 1.807) is 0 Å². The Kier molecular flexibility index (Phi) is 3.26. The van der Waals surface area contributed by atoms with Crippen molar-refractivity contribution >= 4 is 11.8 Å². The minimum atomic E-state index is -0.200. The number of aryl methyl sites for hydroxylation is 2. The van der Waals surface area contributed by atoms with Crippen molar-refractivity contribution in [2.75, 3.05) is 18.6 Å². The monoisotopic (exact) mass is 235 g/mol. The van der Waals surface area contributed by atoms with Crippen molar-refractivity contribution in [1.82, 2.24) is 9.97 Å². The normalized spacial score (nSPS) is 19.5. The summed E-state index contributed by atoms with van der Waals surface area (Å²) < 4.78 is 4.82. The van der Waals surface area contributed by atoms with Crippen LogP contribution < -0.4 is 4.90 Å². The van der Waals surface area contributed by atoms with Crippen LogP contribution >= 0.6 is 0 Å². The fourth-order valence-corrected chi connectivity index (χ4v) is 2.27. The average Bonchev–Trinajstić information content (AvgIpc) is 2.75. The zero-order valence-electron chi connectivity index (χ0n) is 10.4. The molecule has 17 heavy (non-hydrogen) atoms. The minimum Gasteiger partial charge on any atom is -0.467 e. The first-order chi connectivity index (χ1) is 8.11. The van der Waals surface area contributed by atoms with Gasteiger partial charge in [0.1, 0.15) is 17.7 Å². The standard InChI is InChI=1S/C12H17N3O2/c1-8-7-11(14-9(2)13-8)15-6-4-5-10(15)12(16)17-3/h7,10H,4-6H2,1-3H3. The lowest BCUT2D eigenvalue weighted by Gasteiger charge is -2.23. The Hall–Kier alpha value is -1.65. The highest BCUT2D eigenvalue weighted by Gasteiger charge is 2.32. The summed E-state index contributed by atoms with van der Waals surface area (Å²) >= 11 is 0. The maximum Gasteiger partial charge on any atom is 0.328 e. The molecule has 1 aromatic rings. The summed E-state index contributed by atoms with van der Waals surface area (Å²) in [4.78, 5) is 22.3. The zero-order chi connectivity index (χ0) is 12.4. The van der Waals surface area contributed by atoms with E-state index in [1.807, 2.05) is 24.8 Å². The number of carbonyl (C=O) groups is 1. The molecule has 1 saturated heterocycles. The van der Waals surface area contributed by atoms with Crippen molar-refractivity contribution in [3.8, 4) is 0 Å². The maximum atomic E-state index is 11.7. The topological polar surface area (TPSA) is 55.3 Å². The van der Waals surface area contributed by atoms with Crippen molar-refractivity contribution in [3.05, 3.63) is 17.6 Å². The summed E-state index contributed by atoms with van der Waals surface area (Å²) in [6, 6.07) is 1.71. The molecule has 0 amide bonds. The lowest BCUT2D eigenvalue weighted by Crippen LogP contribution is -2.37. The van der Waals surface area contributed by atoms with Gasteiger partial charge in [0.15, 0.2) is 0 Å². The Balaban J connectivity index is 2.28. The van der Waals surface area contributed by atoms with Crippen LogP contribution in [0.3, 0.4) is 0 Å². The van der Waals surface area contributed by atoms with E-state index in [0.29, 0.717) is 0 Å². The lowest BCUT2D eigenvalue weighted by molar-refractivity contribution is -0.141. The molecule has 0 N–H and O–H groups in total. The maximum absolute atomic E-state index is 11.7. The molecule has 1 unspecified atom stereocenters. The molecule has 2 heterocycles. The molecule has 5 nitrogen and oxygen atoms in total. The van der Waals surface area contributed by atoms with Gasteiger partial charge in [-0.15, -0.1) is 0 Å². The van der Waals surface area contributed by atoms with Gasteiger partial charge in [0.2, 0.25) is 0 Å². The molecule has 2 rings (SSSR count). The highest BCUT2D eigenvalue weighted by molar-refractivity contribution is 5.80. The van der Waals surface area contributed by atoms with E-state index in [0.717, 1.165) is 36.7 Å². The second-order valence-electron chi connectivity index (χ2n) is 4.29. The Morgan fingerprint density at radius 1 is 1.47 bits per heavy atom. The molecule has 1 aliphatic heterocycles. The molecule has 0 aromatic carbocycles. The number of anilines is 1. The number of aromatic nitrogens is 2.